The fraction of sp³-hybridized carbons (Fsp3) is 0.235. The number of nitrogens with one attached hydrogen (secondary N) is 1. The van der Waals surface area contributed by atoms with Gasteiger partial charge >= 0.3 is 0 Å². The van der Waals surface area contributed by atoms with E-state index in [1.807, 2.05) is 50.2 Å². The highest BCUT2D eigenvalue weighted by Crippen LogP contribution is 2.23. The molecule has 0 spiro atoms. The molecule has 20 heavy (non-hydrogen) atoms. The van der Waals surface area contributed by atoms with E-state index in [2.05, 4.69) is 18.3 Å². The maximum atomic E-state index is 12.0. The second-order valence-electron chi connectivity index (χ2n) is 4.85. The Morgan fingerprint density at radius 2 is 1.70 bits per heavy atom. The summed E-state index contributed by atoms with van der Waals surface area (Å²) in [5.41, 5.74) is 4.42. The average molecular weight is 285 g/mol. The summed E-state index contributed by atoms with van der Waals surface area (Å²) < 4.78 is 0. The van der Waals surface area contributed by atoms with E-state index in [-0.39, 0.29) is 5.91 Å². The molecule has 0 aliphatic carbocycles. The van der Waals surface area contributed by atoms with E-state index < -0.39 is 0 Å². The van der Waals surface area contributed by atoms with Gasteiger partial charge in [0.05, 0.1) is 5.75 Å². The standard InChI is InChI=1S/C17H19NOS/c1-12-8-6-9-15(14(12)3)18-17(19)11-20-16-10-5-4-7-13(16)2/h4-10H,11H2,1-3H3,(H,18,19). The van der Waals surface area contributed by atoms with Gasteiger partial charge in [0.2, 0.25) is 5.91 Å². The van der Waals surface area contributed by atoms with Gasteiger partial charge in [-0.15, -0.1) is 11.8 Å². The summed E-state index contributed by atoms with van der Waals surface area (Å²) in [7, 11) is 0. The molecule has 2 aromatic carbocycles. The molecule has 2 rings (SSSR count). The number of aryl methyl sites for hydroxylation is 2. The van der Waals surface area contributed by atoms with Crippen LogP contribution >= 0.6 is 11.8 Å². The van der Waals surface area contributed by atoms with E-state index in [1.54, 1.807) is 11.8 Å². The third-order valence-electron chi connectivity index (χ3n) is 3.33. The summed E-state index contributed by atoms with van der Waals surface area (Å²) in [6.07, 6.45) is 0. The van der Waals surface area contributed by atoms with Crippen LogP contribution in [0.4, 0.5) is 5.69 Å². The van der Waals surface area contributed by atoms with Crippen molar-refractivity contribution in [2.45, 2.75) is 25.7 Å². The Balaban J connectivity index is 1.96. The zero-order valence-electron chi connectivity index (χ0n) is 12.1. The average Bonchev–Trinajstić information content (AvgIpc) is 2.43. The minimum absolute atomic E-state index is 0.0342. The first-order valence-corrected chi connectivity index (χ1v) is 7.61. The molecule has 0 heterocycles. The van der Waals surface area contributed by atoms with Gasteiger partial charge in [0.1, 0.15) is 0 Å². The van der Waals surface area contributed by atoms with Crippen LogP contribution < -0.4 is 5.32 Å². The van der Waals surface area contributed by atoms with Crippen molar-refractivity contribution in [2.75, 3.05) is 11.1 Å². The van der Waals surface area contributed by atoms with Gasteiger partial charge in [-0.3, -0.25) is 4.79 Å². The van der Waals surface area contributed by atoms with Crippen LogP contribution in [0.3, 0.4) is 0 Å². The zero-order chi connectivity index (χ0) is 14.5. The van der Waals surface area contributed by atoms with Gasteiger partial charge in [-0.05, 0) is 49.6 Å². The second-order valence-corrected chi connectivity index (χ2v) is 5.87. The van der Waals surface area contributed by atoms with Crippen LogP contribution in [-0.4, -0.2) is 11.7 Å². The van der Waals surface area contributed by atoms with E-state index in [0.717, 1.165) is 16.1 Å². The number of carbonyl (C=O) groups is 1. The van der Waals surface area contributed by atoms with Crippen LogP contribution in [0, 0.1) is 20.8 Å². The second kappa shape index (κ2) is 6.62. The predicted molar refractivity (Wildman–Crippen MR) is 86.4 cm³/mol. The Labute approximate surface area is 124 Å². The quantitative estimate of drug-likeness (QED) is 0.847. The van der Waals surface area contributed by atoms with Gasteiger partial charge in [0, 0.05) is 10.6 Å². The molecule has 2 aromatic rings. The lowest BCUT2D eigenvalue weighted by Crippen LogP contribution is -2.15. The van der Waals surface area contributed by atoms with Gasteiger partial charge in [-0.1, -0.05) is 30.3 Å². The van der Waals surface area contributed by atoms with Crippen molar-refractivity contribution in [1.29, 1.82) is 0 Å². The topological polar surface area (TPSA) is 29.1 Å². The minimum Gasteiger partial charge on any atom is -0.325 e. The maximum Gasteiger partial charge on any atom is 0.234 e. The van der Waals surface area contributed by atoms with E-state index in [4.69, 9.17) is 0 Å². The maximum absolute atomic E-state index is 12.0. The molecule has 3 heteroatoms. The molecule has 0 fully saturated rings. The highest BCUT2D eigenvalue weighted by Gasteiger charge is 2.07. The number of hydrogen-bond acceptors (Lipinski definition) is 2. The lowest BCUT2D eigenvalue weighted by molar-refractivity contribution is -0.113. The molecule has 0 bridgehead atoms. The van der Waals surface area contributed by atoms with E-state index >= 15 is 0 Å². The molecule has 0 aliphatic heterocycles. The molecule has 104 valence electrons. The fourth-order valence-electron chi connectivity index (χ4n) is 1.93. The molecule has 2 nitrogen and oxygen atoms in total. The summed E-state index contributed by atoms with van der Waals surface area (Å²) in [6, 6.07) is 14.1. The Morgan fingerprint density at radius 1 is 1.00 bits per heavy atom. The number of carbonyl (C=O) groups excluding carboxylic acids is 1. The van der Waals surface area contributed by atoms with Gasteiger partial charge in [0.15, 0.2) is 0 Å². The molecule has 0 unspecified atom stereocenters. The van der Waals surface area contributed by atoms with Gasteiger partial charge in [0.25, 0.3) is 0 Å². The zero-order valence-corrected chi connectivity index (χ0v) is 12.9. The van der Waals surface area contributed by atoms with Crippen molar-refractivity contribution in [1.82, 2.24) is 0 Å². The third kappa shape index (κ3) is 3.64. The largest absolute Gasteiger partial charge is 0.325 e. The Morgan fingerprint density at radius 3 is 2.45 bits per heavy atom. The minimum atomic E-state index is 0.0342. The summed E-state index contributed by atoms with van der Waals surface area (Å²) in [5.74, 6) is 0.463. The summed E-state index contributed by atoms with van der Waals surface area (Å²) in [6.45, 7) is 6.14. The number of rotatable bonds is 4. The Bertz CT molecular complexity index is 622. The summed E-state index contributed by atoms with van der Waals surface area (Å²) in [5, 5.41) is 2.98. The normalized spacial score (nSPS) is 10.3. The Hall–Kier alpha value is -1.74. The molecular weight excluding hydrogens is 266 g/mol. The molecular formula is C17H19NOS. The van der Waals surface area contributed by atoms with Crippen LogP contribution in [-0.2, 0) is 4.79 Å². The lowest BCUT2D eigenvalue weighted by atomic mass is 10.1. The van der Waals surface area contributed by atoms with E-state index in [9.17, 15) is 4.79 Å². The molecule has 0 aliphatic rings. The predicted octanol–water partition coefficient (Wildman–Crippen LogP) is 4.34. The lowest BCUT2D eigenvalue weighted by Gasteiger charge is -2.10. The first-order valence-electron chi connectivity index (χ1n) is 6.62. The van der Waals surface area contributed by atoms with Gasteiger partial charge < -0.3 is 5.32 Å². The molecule has 0 radical (unpaired) electrons. The van der Waals surface area contributed by atoms with Crippen LogP contribution in [0.25, 0.3) is 0 Å². The van der Waals surface area contributed by atoms with Crippen LogP contribution in [0.1, 0.15) is 16.7 Å². The monoisotopic (exact) mass is 285 g/mol. The number of hydrogen-bond donors (Lipinski definition) is 1. The number of anilines is 1. The number of thioether (sulfide) groups is 1. The first-order chi connectivity index (χ1) is 9.58. The van der Waals surface area contributed by atoms with Gasteiger partial charge in [-0.2, -0.15) is 0 Å². The summed E-state index contributed by atoms with van der Waals surface area (Å²) in [4.78, 5) is 13.2. The smallest absolute Gasteiger partial charge is 0.234 e. The SMILES string of the molecule is Cc1ccccc1SCC(=O)Nc1cccc(C)c1C. The van der Waals surface area contributed by atoms with Crippen LogP contribution in [0.2, 0.25) is 0 Å². The molecule has 0 atom stereocenters. The molecule has 1 amide bonds. The molecule has 0 aromatic heterocycles. The highest BCUT2D eigenvalue weighted by atomic mass is 32.2. The summed E-state index contributed by atoms with van der Waals surface area (Å²) >= 11 is 1.57. The van der Waals surface area contributed by atoms with Crippen molar-refractivity contribution >= 4 is 23.4 Å². The van der Waals surface area contributed by atoms with Crippen molar-refractivity contribution < 1.29 is 4.79 Å². The van der Waals surface area contributed by atoms with Crippen molar-refractivity contribution in [2.24, 2.45) is 0 Å². The number of amides is 1. The fourth-order valence-corrected chi connectivity index (χ4v) is 2.76. The van der Waals surface area contributed by atoms with E-state index in [0.29, 0.717) is 5.75 Å². The third-order valence-corrected chi connectivity index (χ3v) is 4.51. The number of benzene rings is 2. The van der Waals surface area contributed by atoms with Gasteiger partial charge in [-0.25, -0.2) is 0 Å². The van der Waals surface area contributed by atoms with Crippen molar-refractivity contribution in [3.63, 3.8) is 0 Å². The van der Waals surface area contributed by atoms with E-state index in [1.165, 1.54) is 11.1 Å². The van der Waals surface area contributed by atoms with Crippen molar-refractivity contribution in [3.05, 3.63) is 59.2 Å². The van der Waals surface area contributed by atoms with Crippen LogP contribution in [0.5, 0.6) is 0 Å². The first kappa shape index (κ1) is 14.7. The highest BCUT2D eigenvalue weighted by molar-refractivity contribution is 8.00. The molecule has 1 N–H and O–H groups in total. The van der Waals surface area contributed by atoms with Crippen LogP contribution in [0.15, 0.2) is 47.4 Å². The Kier molecular flexibility index (Phi) is 4.85. The van der Waals surface area contributed by atoms with Crippen molar-refractivity contribution in [3.8, 4) is 0 Å². The molecule has 0 saturated heterocycles. The molecule has 0 saturated carbocycles.